The van der Waals surface area contributed by atoms with Crippen molar-refractivity contribution in [2.24, 2.45) is 0 Å². The molecule has 2 N–H and O–H groups in total. The Balaban J connectivity index is 2.44. The van der Waals surface area contributed by atoms with Gasteiger partial charge in [-0.05, 0) is 26.3 Å². The average Bonchev–Trinajstić information content (AvgIpc) is 2.55. The fraction of sp³-hybridized carbons (Fsp3) is 0.545. The second-order valence-corrected chi connectivity index (χ2v) is 3.41. The van der Waals surface area contributed by atoms with Crippen molar-refractivity contribution in [3.8, 4) is 0 Å². The van der Waals surface area contributed by atoms with Gasteiger partial charge in [0.1, 0.15) is 0 Å². The largest absolute Gasteiger partial charge is 0.380 e. The van der Waals surface area contributed by atoms with Crippen LogP contribution < -0.4 is 5.32 Å². The lowest BCUT2D eigenvalue weighted by Gasteiger charge is -2.04. The summed E-state index contributed by atoms with van der Waals surface area (Å²) in [5, 5.41) is 2.80. The molecule has 84 valence electrons. The quantitative estimate of drug-likeness (QED) is 0.722. The van der Waals surface area contributed by atoms with Crippen molar-refractivity contribution in [1.29, 1.82) is 0 Å². The molecule has 4 nitrogen and oxygen atoms in total. The molecule has 0 aliphatic heterocycles. The average molecular weight is 210 g/mol. The van der Waals surface area contributed by atoms with Gasteiger partial charge in [0.2, 0.25) is 0 Å². The molecule has 0 unspecified atom stereocenters. The van der Waals surface area contributed by atoms with Crippen LogP contribution in [0.3, 0.4) is 0 Å². The van der Waals surface area contributed by atoms with Crippen LogP contribution in [0.4, 0.5) is 0 Å². The van der Waals surface area contributed by atoms with Crippen LogP contribution in [0.15, 0.2) is 6.20 Å². The number of rotatable bonds is 5. The first-order chi connectivity index (χ1) is 7.16. The Morgan fingerprint density at radius 3 is 2.80 bits per heavy atom. The first-order valence-electron chi connectivity index (χ1n) is 5.17. The molecule has 0 radical (unpaired) electrons. The van der Waals surface area contributed by atoms with E-state index in [0.717, 1.165) is 11.3 Å². The fourth-order valence-electron chi connectivity index (χ4n) is 1.31. The number of carbonyl (C=O) groups excluding carboxylic acids is 1. The number of aryl methyl sites for hydroxylation is 1. The molecule has 15 heavy (non-hydrogen) atoms. The molecule has 0 saturated heterocycles. The molecule has 0 spiro atoms. The number of nitrogens with one attached hydrogen (secondary N) is 2. The van der Waals surface area contributed by atoms with Crippen molar-refractivity contribution in [2.45, 2.75) is 20.8 Å². The summed E-state index contributed by atoms with van der Waals surface area (Å²) in [6.07, 6.45) is 1.74. The summed E-state index contributed by atoms with van der Waals surface area (Å²) in [7, 11) is 0. The van der Waals surface area contributed by atoms with E-state index >= 15 is 0 Å². The normalized spacial score (nSPS) is 10.3. The molecule has 0 saturated carbocycles. The minimum Gasteiger partial charge on any atom is -0.380 e. The number of amides is 1. The summed E-state index contributed by atoms with van der Waals surface area (Å²) in [6, 6.07) is 0. The van der Waals surface area contributed by atoms with E-state index in [-0.39, 0.29) is 5.91 Å². The van der Waals surface area contributed by atoms with Gasteiger partial charge in [-0.3, -0.25) is 4.79 Å². The van der Waals surface area contributed by atoms with Crippen molar-refractivity contribution >= 4 is 5.91 Å². The van der Waals surface area contributed by atoms with Crippen LogP contribution in [-0.2, 0) is 4.74 Å². The number of aromatic amines is 1. The minimum absolute atomic E-state index is 0.0449. The second-order valence-electron chi connectivity index (χ2n) is 3.41. The molecule has 1 aromatic rings. The third-order valence-electron chi connectivity index (χ3n) is 2.38. The number of hydrogen-bond donors (Lipinski definition) is 2. The van der Waals surface area contributed by atoms with Gasteiger partial charge in [-0.2, -0.15) is 0 Å². The summed E-state index contributed by atoms with van der Waals surface area (Å²) in [5.41, 5.74) is 2.75. The van der Waals surface area contributed by atoms with E-state index in [1.807, 2.05) is 20.8 Å². The van der Waals surface area contributed by atoms with E-state index < -0.39 is 0 Å². The zero-order valence-electron chi connectivity index (χ0n) is 9.52. The first kappa shape index (κ1) is 11.8. The molecule has 0 aliphatic carbocycles. The fourth-order valence-corrected chi connectivity index (χ4v) is 1.31. The maximum absolute atomic E-state index is 11.7. The molecule has 1 rings (SSSR count). The number of carbonyl (C=O) groups is 1. The Morgan fingerprint density at radius 1 is 1.53 bits per heavy atom. The highest BCUT2D eigenvalue weighted by molar-refractivity contribution is 5.95. The van der Waals surface area contributed by atoms with E-state index in [4.69, 9.17) is 4.74 Å². The first-order valence-corrected chi connectivity index (χ1v) is 5.17. The highest BCUT2D eigenvalue weighted by atomic mass is 16.5. The molecular formula is C11H18N2O2. The van der Waals surface area contributed by atoms with E-state index in [1.165, 1.54) is 0 Å². The maximum atomic E-state index is 11.7. The lowest BCUT2D eigenvalue weighted by atomic mass is 10.1. The SMILES string of the molecule is CCOCCNC(=O)c1c[nH]c(C)c1C. The molecular weight excluding hydrogens is 192 g/mol. The van der Waals surface area contributed by atoms with Crippen LogP contribution in [0.2, 0.25) is 0 Å². The van der Waals surface area contributed by atoms with Crippen LogP contribution in [0.25, 0.3) is 0 Å². The van der Waals surface area contributed by atoms with Crippen LogP contribution in [0.5, 0.6) is 0 Å². The van der Waals surface area contributed by atoms with E-state index in [9.17, 15) is 4.79 Å². The number of H-pyrrole nitrogens is 1. The van der Waals surface area contributed by atoms with E-state index in [1.54, 1.807) is 6.20 Å². The number of hydrogen-bond acceptors (Lipinski definition) is 2. The molecule has 1 heterocycles. The second kappa shape index (κ2) is 5.56. The van der Waals surface area contributed by atoms with Crippen molar-refractivity contribution < 1.29 is 9.53 Å². The Hall–Kier alpha value is -1.29. The van der Waals surface area contributed by atoms with Gasteiger partial charge in [0.05, 0.1) is 12.2 Å². The Bertz CT molecular complexity index is 331. The van der Waals surface area contributed by atoms with Crippen LogP contribution in [-0.4, -0.2) is 30.6 Å². The maximum Gasteiger partial charge on any atom is 0.253 e. The highest BCUT2D eigenvalue weighted by Gasteiger charge is 2.10. The van der Waals surface area contributed by atoms with E-state index in [0.29, 0.717) is 25.3 Å². The topological polar surface area (TPSA) is 54.1 Å². The Morgan fingerprint density at radius 2 is 2.27 bits per heavy atom. The molecule has 1 aromatic heterocycles. The molecule has 0 fully saturated rings. The van der Waals surface area contributed by atoms with Crippen LogP contribution in [0, 0.1) is 13.8 Å². The molecule has 0 aliphatic rings. The van der Waals surface area contributed by atoms with Gasteiger partial charge in [0, 0.05) is 25.0 Å². The standard InChI is InChI=1S/C11H18N2O2/c1-4-15-6-5-12-11(14)10-7-13-9(3)8(10)2/h7,13H,4-6H2,1-3H3,(H,12,14). The number of aromatic nitrogens is 1. The molecule has 0 atom stereocenters. The Labute approximate surface area is 90.0 Å². The summed E-state index contributed by atoms with van der Waals surface area (Å²) in [5.74, 6) is -0.0449. The van der Waals surface area contributed by atoms with Gasteiger partial charge in [-0.1, -0.05) is 0 Å². The van der Waals surface area contributed by atoms with Gasteiger partial charge >= 0.3 is 0 Å². The van der Waals surface area contributed by atoms with Crippen molar-refractivity contribution in [3.63, 3.8) is 0 Å². The van der Waals surface area contributed by atoms with Gasteiger partial charge in [-0.15, -0.1) is 0 Å². The van der Waals surface area contributed by atoms with Gasteiger partial charge in [0.15, 0.2) is 0 Å². The lowest BCUT2D eigenvalue weighted by molar-refractivity contribution is 0.0922. The van der Waals surface area contributed by atoms with E-state index in [2.05, 4.69) is 10.3 Å². The number of ether oxygens (including phenoxy) is 1. The van der Waals surface area contributed by atoms with Gasteiger partial charge < -0.3 is 15.0 Å². The summed E-state index contributed by atoms with van der Waals surface area (Å²) >= 11 is 0. The predicted molar refractivity (Wildman–Crippen MR) is 59.1 cm³/mol. The highest BCUT2D eigenvalue weighted by Crippen LogP contribution is 2.10. The molecule has 0 aromatic carbocycles. The summed E-state index contributed by atoms with van der Waals surface area (Å²) in [4.78, 5) is 14.7. The van der Waals surface area contributed by atoms with Crippen LogP contribution in [0.1, 0.15) is 28.5 Å². The molecule has 4 heteroatoms. The van der Waals surface area contributed by atoms with Gasteiger partial charge in [0.25, 0.3) is 5.91 Å². The summed E-state index contributed by atoms with van der Waals surface area (Å²) in [6.45, 7) is 7.61. The van der Waals surface area contributed by atoms with Crippen molar-refractivity contribution in [2.75, 3.05) is 19.8 Å². The molecule has 1 amide bonds. The Kier molecular flexibility index (Phi) is 4.37. The third-order valence-corrected chi connectivity index (χ3v) is 2.38. The zero-order chi connectivity index (χ0) is 11.3. The lowest BCUT2D eigenvalue weighted by Crippen LogP contribution is -2.27. The van der Waals surface area contributed by atoms with Crippen molar-refractivity contribution in [1.82, 2.24) is 10.3 Å². The smallest absolute Gasteiger partial charge is 0.253 e. The monoisotopic (exact) mass is 210 g/mol. The summed E-state index contributed by atoms with van der Waals surface area (Å²) < 4.78 is 5.13. The van der Waals surface area contributed by atoms with Gasteiger partial charge in [-0.25, -0.2) is 0 Å². The van der Waals surface area contributed by atoms with Crippen molar-refractivity contribution in [3.05, 3.63) is 23.0 Å². The third kappa shape index (κ3) is 3.09. The molecule has 0 bridgehead atoms. The van der Waals surface area contributed by atoms with Crippen LogP contribution >= 0.6 is 0 Å². The zero-order valence-corrected chi connectivity index (χ0v) is 9.52. The minimum atomic E-state index is -0.0449. The predicted octanol–water partition coefficient (Wildman–Crippen LogP) is 1.40.